The summed E-state index contributed by atoms with van der Waals surface area (Å²) in [6.45, 7) is 4.23. The van der Waals surface area contributed by atoms with E-state index in [0.29, 0.717) is 0 Å². The van der Waals surface area contributed by atoms with Gasteiger partial charge >= 0.3 is 0 Å². The van der Waals surface area contributed by atoms with Crippen molar-refractivity contribution in [3.63, 3.8) is 0 Å². The highest BCUT2D eigenvalue weighted by Crippen LogP contribution is 2.29. The third-order valence-corrected chi connectivity index (χ3v) is 3.60. The number of aliphatic hydroxyl groups is 1. The zero-order chi connectivity index (χ0) is 13.7. The molecule has 0 fully saturated rings. The second kappa shape index (κ2) is 5.89. The molecule has 1 atom stereocenters. The predicted octanol–water partition coefficient (Wildman–Crippen LogP) is 3.70. The number of hydrogen-bond acceptors (Lipinski definition) is 2. The molecule has 0 bridgehead atoms. The molecule has 2 heteroatoms. The van der Waals surface area contributed by atoms with E-state index in [1.165, 1.54) is 5.56 Å². The Morgan fingerprint density at radius 2 is 1.79 bits per heavy atom. The van der Waals surface area contributed by atoms with Crippen LogP contribution in [0.4, 0.5) is 5.69 Å². The van der Waals surface area contributed by atoms with Crippen molar-refractivity contribution < 1.29 is 5.11 Å². The van der Waals surface area contributed by atoms with Gasteiger partial charge in [0.1, 0.15) is 0 Å². The summed E-state index contributed by atoms with van der Waals surface area (Å²) in [4.78, 5) is 0. The van der Waals surface area contributed by atoms with Crippen molar-refractivity contribution in [3.8, 4) is 0 Å². The summed E-state index contributed by atoms with van der Waals surface area (Å²) in [6, 6.07) is 18.4. The molecular weight excluding hydrogens is 234 g/mol. The van der Waals surface area contributed by atoms with Gasteiger partial charge in [-0.1, -0.05) is 49.4 Å². The third kappa shape index (κ3) is 2.96. The van der Waals surface area contributed by atoms with Crippen LogP contribution in [0.1, 0.15) is 24.5 Å². The van der Waals surface area contributed by atoms with Gasteiger partial charge in [-0.3, -0.25) is 0 Å². The SMILES string of the molecule is CCC(CO)(Nc1cccc(C)c1)c1ccccc1. The molecule has 19 heavy (non-hydrogen) atoms. The predicted molar refractivity (Wildman–Crippen MR) is 80.3 cm³/mol. The highest BCUT2D eigenvalue weighted by molar-refractivity contribution is 5.49. The van der Waals surface area contributed by atoms with E-state index in [1.807, 2.05) is 30.3 Å². The van der Waals surface area contributed by atoms with Crippen molar-refractivity contribution in [3.05, 3.63) is 65.7 Å². The van der Waals surface area contributed by atoms with Gasteiger partial charge < -0.3 is 10.4 Å². The molecule has 0 aliphatic rings. The molecule has 0 saturated heterocycles. The molecule has 2 N–H and O–H groups in total. The van der Waals surface area contributed by atoms with Crippen LogP contribution in [0.5, 0.6) is 0 Å². The Hall–Kier alpha value is -1.80. The molecule has 0 aliphatic carbocycles. The summed E-state index contributed by atoms with van der Waals surface area (Å²) in [5, 5.41) is 13.4. The number of aliphatic hydroxyl groups excluding tert-OH is 1. The van der Waals surface area contributed by atoms with Crippen LogP contribution < -0.4 is 5.32 Å². The fourth-order valence-corrected chi connectivity index (χ4v) is 2.36. The van der Waals surface area contributed by atoms with E-state index in [2.05, 4.69) is 43.4 Å². The molecular formula is C17H21NO. The van der Waals surface area contributed by atoms with Crippen molar-refractivity contribution in [2.75, 3.05) is 11.9 Å². The molecule has 2 nitrogen and oxygen atoms in total. The maximum atomic E-state index is 9.90. The molecule has 0 saturated carbocycles. The first-order chi connectivity index (χ1) is 9.20. The Bertz CT molecular complexity index is 518. The lowest BCUT2D eigenvalue weighted by Crippen LogP contribution is -2.38. The van der Waals surface area contributed by atoms with Crippen LogP contribution in [0.15, 0.2) is 54.6 Å². The number of aryl methyl sites for hydroxylation is 1. The molecule has 0 radical (unpaired) electrons. The van der Waals surface area contributed by atoms with Gasteiger partial charge in [-0.25, -0.2) is 0 Å². The first-order valence-electron chi connectivity index (χ1n) is 6.71. The van der Waals surface area contributed by atoms with Crippen LogP contribution in [-0.4, -0.2) is 11.7 Å². The molecule has 1 unspecified atom stereocenters. The topological polar surface area (TPSA) is 32.3 Å². The number of rotatable bonds is 5. The van der Waals surface area contributed by atoms with E-state index in [-0.39, 0.29) is 6.61 Å². The fraction of sp³-hybridized carbons (Fsp3) is 0.294. The van der Waals surface area contributed by atoms with Gasteiger partial charge in [0.05, 0.1) is 12.1 Å². The summed E-state index contributed by atoms with van der Waals surface area (Å²) in [7, 11) is 0. The average Bonchev–Trinajstić information content (AvgIpc) is 2.46. The summed E-state index contributed by atoms with van der Waals surface area (Å²) in [6.07, 6.45) is 0.821. The van der Waals surface area contributed by atoms with Crippen LogP contribution in [0.2, 0.25) is 0 Å². The zero-order valence-electron chi connectivity index (χ0n) is 11.6. The lowest BCUT2D eigenvalue weighted by molar-refractivity contribution is 0.207. The average molecular weight is 255 g/mol. The molecule has 2 aromatic carbocycles. The fourth-order valence-electron chi connectivity index (χ4n) is 2.36. The van der Waals surface area contributed by atoms with Gasteiger partial charge in [0.2, 0.25) is 0 Å². The number of anilines is 1. The van der Waals surface area contributed by atoms with Crippen molar-refractivity contribution in [2.24, 2.45) is 0 Å². The highest BCUT2D eigenvalue weighted by Gasteiger charge is 2.29. The van der Waals surface area contributed by atoms with Gasteiger partial charge in [-0.05, 0) is 36.6 Å². The molecule has 0 spiro atoms. The van der Waals surface area contributed by atoms with E-state index < -0.39 is 5.54 Å². The van der Waals surface area contributed by atoms with Crippen LogP contribution in [0, 0.1) is 6.92 Å². The van der Waals surface area contributed by atoms with E-state index >= 15 is 0 Å². The second-order valence-corrected chi connectivity index (χ2v) is 4.95. The minimum absolute atomic E-state index is 0.0709. The summed E-state index contributed by atoms with van der Waals surface area (Å²) >= 11 is 0. The van der Waals surface area contributed by atoms with Gasteiger partial charge in [0.15, 0.2) is 0 Å². The Kier molecular flexibility index (Phi) is 4.23. The number of hydrogen-bond donors (Lipinski definition) is 2. The molecule has 0 heterocycles. The monoisotopic (exact) mass is 255 g/mol. The van der Waals surface area contributed by atoms with Crippen LogP contribution in [-0.2, 0) is 5.54 Å². The van der Waals surface area contributed by atoms with Crippen molar-refractivity contribution in [2.45, 2.75) is 25.8 Å². The minimum Gasteiger partial charge on any atom is -0.394 e. The molecule has 0 aromatic heterocycles. The maximum Gasteiger partial charge on any atom is 0.0854 e. The van der Waals surface area contributed by atoms with Gasteiger partial charge in [0.25, 0.3) is 0 Å². The highest BCUT2D eigenvalue weighted by atomic mass is 16.3. The van der Waals surface area contributed by atoms with Crippen LogP contribution >= 0.6 is 0 Å². The second-order valence-electron chi connectivity index (χ2n) is 4.95. The third-order valence-electron chi connectivity index (χ3n) is 3.60. The number of nitrogens with one attached hydrogen (secondary N) is 1. The number of benzene rings is 2. The standard InChI is InChI=1S/C17H21NO/c1-3-17(13-19,15-9-5-4-6-10-15)18-16-11-7-8-14(2)12-16/h4-12,18-19H,3,13H2,1-2H3. The smallest absolute Gasteiger partial charge is 0.0854 e. The van der Waals surface area contributed by atoms with Gasteiger partial charge in [0, 0.05) is 5.69 Å². The summed E-state index contributed by atoms with van der Waals surface area (Å²) in [5.74, 6) is 0. The molecule has 0 amide bonds. The molecule has 0 aliphatic heterocycles. The van der Waals surface area contributed by atoms with Crippen molar-refractivity contribution in [1.82, 2.24) is 0 Å². The Morgan fingerprint density at radius 1 is 1.05 bits per heavy atom. The normalized spacial score (nSPS) is 13.8. The van der Waals surface area contributed by atoms with E-state index in [4.69, 9.17) is 0 Å². The largest absolute Gasteiger partial charge is 0.394 e. The maximum absolute atomic E-state index is 9.90. The lowest BCUT2D eigenvalue weighted by Gasteiger charge is -2.34. The first-order valence-corrected chi connectivity index (χ1v) is 6.71. The Balaban J connectivity index is 2.35. The lowest BCUT2D eigenvalue weighted by atomic mass is 9.87. The zero-order valence-corrected chi connectivity index (χ0v) is 11.6. The van der Waals surface area contributed by atoms with Crippen LogP contribution in [0.3, 0.4) is 0 Å². The van der Waals surface area contributed by atoms with Gasteiger partial charge in [-0.15, -0.1) is 0 Å². The van der Waals surface area contributed by atoms with E-state index in [9.17, 15) is 5.11 Å². The Morgan fingerprint density at radius 3 is 2.37 bits per heavy atom. The van der Waals surface area contributed by atoms with Crippen molar-refractivity contribution in [1.29, 1.82) is 0 Å². The molecule has 2 aromatic rings. The van der Waals surface area contributed by atoms with E-state index in [0.717, 1.165) is 17.7 Å². The molecule has 100 valence electrons. The summed E-state index contributed by atoms with van der Waals surface area (Å²) < 4.78 is 0. The first kappa shape index (κ1) is 13.6. The van der Waals surface area contributed by atoms with Crippen LogP contribution in [0.25, 0.3) is 0 Å². The van der Waals surface area contributed by atoms with Gasteiger partial charge in [-0.2, -0.15) is 0 Å². The minimum atomic E-state index is -0.422. The van der Waals surface area contributed by atoms with Crippen molar-refractivity contribution >= 4 is 5.69 Å². The quantitative estimate of drug-likeness (QED) is 0.853. The summed E-state index contributed by atoms with van der Waals surface area (Å²) in [5.41, 5.74) is 2.94. The van der Waals surface area contributed by atoms with E-state index in [1.54, 1.807) is 0 Å². The molecule has 2 rings (SSSR count). The Labute approximate surface area is 115 Å².